The van der Waals surface area contributed by atoms with E-state index in [1.54, 1.807) is 6.20 Å². The highest BCUT2D eigenvalue weighted by Gasteiger charge is 2.31. The molecule has 1 aromatic rings. The van der Waals surface area contributed by atoms with Crippen molar-refractivity contribution >= 4 is 0 Å². The summed E-state index contributed by atoms with van der Waals surface area (Å²) >= 11 is 0. The average molecular weight is 211 g/mol. The van der Waals surface area contributed by atoms with Gasteiger partial charge in [0, 0.05) is 38.5 Å². The Morgan fingerprint density at radius 3 is 3.20 bits per heavy atom. The molecule has 1 aromatic heterocycles. The lowest BCUT2D eigenvalue weighted by atomic mass is 10.0. The van der Waals surface area contributed by atoms with Crippen LogP contribution in [0.1, 0.15) is 6.42 Å². The summed E-state index contributed by atoms with van der Waals surface area (Å²) in [6.45, 7) is 3.33. The van der Waals surface area contributed by atoms with Crippen LogP contribution >= 0.6 is 0 Å². The molecule has 1 fully saturated rings. The van der Waals surface area contributed by atoms with Crippen molar-refractivity contribution < 1.29 is 9.84 Å². The smallest absolute Gasteiger partial charge is 0.102 e. The van der Waals surface area contributed by atoms with Gasteiger partial charge >= 0.3 is 0 Å². The van der Waals surface area contributed by atoms with Gasteiger partial charge in [-0.25, -0.2) is 0 Å². The number of aliphatic hydroxyl groups is 1. The summed E-state index contributed by atoms with van der Waals surface area (Å²) < 4.78 is 7.02. The van der Waals surface area contributed by atoms with E-state index in [1.165, 1.54) is 0 Å². The lowest BCUT2D eigenvalue weighted by Crippen LogP contribution is -2.42. The molecule has 1 unspecified atom stereocenters. The molecule has 84 valence electrons. The van der Waals surface area contributed by atoms with Crippen LogP contribution in [-0.2, 0) is 11.3 Å². The number of rotatable bonds is 5. The number of aromatic nitrogens is 2. The van der Waals surface area contributed by atoms with E-state index in [-0.39, 0.29) is 0 Å². The van der Waals surface area contributed by atoms with Crippen molar-refractivity contribution in [3.63, 3.8) is 0 Å². The molecule has 1 saturated heterocycles. The van der Waals surface area contributed by atoms with Gasteiger partial charge in [0.15, 0.2) is 0 Å². The van der Waals surface area contributed by atoms with E-state index in [4.69, 9.17) is 4.74 Å². The molecular weight excluding hydrogens is 194 g/mol. The maximum atomic E-state index is 9.94. The molecular formula is C10H17N3O2. The molecule has 5 heteroatoms. The second kappa shape index (κ2) is 4.74. The Hall–Kier alpha value is -0.910. The molecule has 0 aromatic carbocycles. The monoisotopic (exact) mass is 211 g/mol. The number of hydrogen-bond donors (Lipinski definition) is 2. The summed E-state index contributed by atoms with van der Waals surface area (Å²) in [6.07, 6.45) is 4.41. The van der Waals surface area contributed by atoms with Crippen LogP contribution in [0.25, 0.3) is 0 Å². The van der Waals surface area contributed by atoms with E-state index in [0.29, 0.717) is 19.8 Å². The first kappa shape index (κ1) is 10.6. The van der Waals surface area contributed by atoms with Crippen LogP contribution in [0.2, 0.25) is 0 Å². The molecule has 1 aliphatic heterocycles. The fourth-order valence-corrected chi connectivity index (χ4v) is 1.68. The Balaban J connectivity index is 1.62. The minimum atomic E-state index is -0.663. The van der Waals surface area contributed by atoms with Gasteiger partial charge in [0.1, 0.15) is 5.60 Å². The summed E-state index contributed by atoms with van der Waals surface area (Å²) in [5.74, 6) is 0. The van der Waals surface area contributed by atoms with Crippen LogP contribution < -0.4 is 5.32 Å². The summed E-state index contributed by atoms with van der Waals surface area (Å²) in [6, 6.07) is 1.90. The lowest BCUT2D eigenvalue weighted by Gasteiger charge is -2.20. The SMILES string of the molecule is OC1(CNCCn2cccn2)CCOC1. The fourth-order valence-electron chi connectivity index (χ4n) is 1.68. The van der Waals surface area contributed by atoms with Crippen molar-refractivity contribution in [1.82, 2.24) is 15.1 Å². The summed E-state index contributed by atoms with van der Waals surface area (Å²) in [7, 11) is 0. The van der Waals surface area contributed by atoms with Gasteiger partial charge in [-0.1, -0.05) is 0 Å². The molecule has 2 heterocycles. The zero-order valence-corrected chi connectivity index (χ0v) is 8.72. The number of nitrogens with one attached hydrogen (secondary N) is 1. The van der Waals surface area contributed by atoms with E-state index < -0.39 is 5.60 Å². The van der Waals surface area contributed by atoms with Crippen LogP contribution in [0, 0.1) is 0 Å². The molecule has 15 heavy (non-hydrogen) atoms. The van der Waals surface area contributed by atoms with E-state index in [1.807, 2.05) is 16.9 Å². The Kier molecular flexibility index (Phi) is 3.35. The first-order chi connectivity index (χ1) is 7.29. The minimum Gasteiger partial charge on any atom is -0.386 e. The molecule has 0 radical (unpaired) electrons. The summed E-state index contributed by atoms with van der Waals surface area (Å²) in [5.41, 5.74) is -0.663. The van der Waals surface area contributed by atoms with Gasteiger partial charge in [-0.15, -0.1) is 0 Å². The molecule has 2 rings (SSSR count). The number of nitrogens with zero attached hydrogens (tertiary/aromatic N) is 2. The first-order valence-corrected chi connectivity index (χ1v) is 5.27. The molecule has 0 saturated carbocycles. The van der Waals surface area contributed by atoms with E-state index in [9.17, 15) is 5.11 Å². The van der Waals surface area contributed by atoms with Gasteiger partial charge < -0.3 is 15.2 Å². The lowest BCUT2D eigenvalue weighted by molar-refractivity contribution is 0.0270. The third kappa shape index (κ3) is 3.02. The highest BCUT2D eigenvalue weighted by atomic mass is 16.5. The zero-order valence-electron chi connectivity index (χ0n) is 8.72. The largest absolute Gasteiger partial charge is 0.386 e. The molecule has 0 bridgehead atoms. The predicted octanol–water partition coefficient (Wildman–Crippen LogP) is -0.376. The molecule has 1 atom stereocenters. The van der Waals surface area contributed by atoms with Crippen LogP contribution in [0.4, 0.5) is 0 Å². The van der Waals surface area contributed by atoms with Crippen molar-refractivity contribution in [1.29, 1.82) is 0 Å². The van der Waals surface area contributed by atoms with Crippen molar-refractivity contribution in [2.75, 3.05) is 26.3 Å². The third-order valence-electron chi connectivity index (χ3n) is 2.61. The van der Waals surface area contributed by atoms with Crippen molar-refractivity contribution in [2.24, 2.45) is 0 Å². The average Bonchev–Trinajstić information content (AvgIpc) is 2.84. The molecule has 0 spiro atoms. The predicted molar refractivity (Wildman–Crippen MR) is 55.5 cm³/mol. The van der Waals surface area contributed by atoms with E-state index in [0.717, 1.165) is 19.5 Å². The highest BCUT2D eigenvalue weighted by molar-refractivity contribution is 4.85. The van der Waals surface area contributed by atoms with Crippen molar-refractivity contribution in [3.05, 3.63) is 18.5 Å². The Bertz CT molecular complexity index is 281. The van der Waals surface area contributed by atoms with Crippen molar-refractivity contribution in [2.45, 2.75) is 18.6 Å². The Morgan fingerprint density at radius 2 is 2.53 bits per heavy atom. The first-order valence-electron chi connectivity index (χ1n) is 5.27. The number of ether oxygens (including phenoxy) is 1. The molecule has 2 N–H and O–H groups in total. The quantitative estimate of drug-likeness (QED) is 0.652. The normalized spacial score (nSPS) is 25.9. The van der Waals surface area contributed by atoms with Crippen LogP contribution in [0.3, 0.4) is 0 Å². The van der Waals surface area contributed by atoms with Crippen LogP contribution in [0.5, 0.6) is 0 Å². The highest BCUT2D eigenvalue weighted by Crippen LogP contribution is 2.16. The number of hydrogen-bond acceptors (Lipinski definition) is 4. The molecule has 0 aliphatic carbocycles. The van der Waals surface area contributed by atoms with Crippen molar-refractivity contribution in [3.8, 4) is 0 Å². The maximum absolute atomic E-state index is 9.94. The Morgan fingerprint density at radius 1 is 1.60 bits per heavy atom. The van der Waals surface area contributed by atoms with Gasteiger partial charge in [0.05, 0.1) is 13.2 Å². The van der Waals surface area contributed by atoms with Gasteiger partial charge in [-0.05, 0) is 6.07 Å². The maximum Gasteiger partial charge on any atom is 0.102 e. The third-order valence-corrected chi connectivity index (χ3v) is 2.61. The standard InChI is InChI=1S/C10H17N3O2/c14-10(2-7-15-9-10)8-11-4-6-13-5-1-3-12-13/h1,3,5,11,14H,2,4,6-9H2. The molecule has 0 amide bonds. The second-order valence-electron chi connectivity index (χ2n) is 3.97. The fraction of sp³-hybridized carbons (Fsp3) is 0.700. The van der Waals surface area contributed by atoms with Crippen LogP contribution in [-0.4, -0.2) is 46.8 Å². The van der Waals surface area contributed by atoms with E-state index >= 15 is 0 Å². The molecule has 5 nitrogen and oxygen atoms in total. The second-order valence-corrected chi connectivity index (χ2v) is 3.97. The van der Waals surface area contributed by atoms with Gasteiger partial charge in [0.2, 0.25) is 0 Å². The van der Waals surface area contributed by atoms with E-state index in [2.05, 4.69) is 10.4 Å². The molecule has 1 aliphatic rings. The minimum absolute atomic E-state index is 0.446. The van der Waals surface area contributed by atoms with Gasteiger partial charge in [-0.2, -0.15) is 5.10 Å². The Labute approximate surface area is 89.0 Å². The van der Waals surface area contributed by atoms with Gasteiger partial charge in [-0.3, -0.25) is 4.68 Å². The summed E-state index contributed by atoms with van der Waals surface area (Å²) in [4.78, 5) is 0. The zero-order chi connectivity index (χ0) is 10.6. The summed E-state index contributed by atoms with van der Waals surface area (Å²) in [5, 5.41) is 17.2. The topological polar surface area (TPSA) is 59.3 Å². The van der Waals surface area contributed by atoms with Gasteiger partial charge in [0.25, 0.3) is 0 Å². The van der Waals surface area contributed by atoms with Crippen LogP contribution in [0.15, 0.2) is 18.5 Å².